The fourth-order valence-corrected chi connectivity index (χ4v) is 3.36. The van der Waals surface area contributed by atoms with Crippen LogP contribution in [0.5, 0.6) is 0 Å². The lowest BCUT2D eigenvalue weighted by molar-refractivity contribution is -0.141. The third-order valence-electron chi connectivity index (χ3n) is 5.01. The monoisotopic (exact) mass is 446 g/mol. The maximum Gasteiger partial charge on any atom is 0.272 e. The van der Waals surface area contributed by atoms with Crippen LogP contribution in [0.4, 0.5) is 14.5 Å². The van der Waals surface area contributed by atoms with Gasteiger partial charge in [0.15, 0.2) is 0 Å². The molecule has 1 fully saturated rings. The van der Waals surface area contributed by atoms with E-state index < -0.39 is 35.6 Å². The number of carbonyl (C=O) groups is 3. The number of hydrogen-bond donors (Lipinski definition) is 3. The van der Waals surface area contributed by atoms with Crippen LogP contribution in [0.3, 0.4) is 0 Å². The second-order valence-electron chi connectivity index (χ2n) is 7.37. The molecule has 1 unspecified atom stereocenters. The number of aliphatic hydroxyl groups is 1. The van der Waals surface area contributed by atoms with Gasteiger partial charge < -0.3 is 20.6 Å². The van der Waals surface area contributed by atoms with Gasteiger partial charge in [0.05, 0.1) is 12.2 Å². The van der Waals surface area contributed by atoms with Crippen LogP contribution in [0.2, 0.25) is 0 Å². The third-order valence-corrected chi connectivity index (χ3v) is 5.01. The van der Waals surface area contributed by atoms with Gasteiger partial charge in [-0.25, -0.2) is 8.78 Å². The average Bonchev–Trinajstić information content (AvgIpc) is 3.01. The molecule has 2 aromatic carbocycles. The van der Waals surface area contributed by atoms with Crippen molar-refractivity contribution < 1.29 is 28.3 Å². The lowest BCUT2D eigenvalue weighted by Gasteiger charge is -2.24. The number of nitrogens with zero attached hydrogens (tertiary/aromatic N) is 2. The van der Waals surface area contributed by atoms with Crippen molar-refractivity contribution in [1.29, 1.82) is 0 Å². The van der Waals surface area contributed by atoms with Crippen molar-refractivity contribution in [2.45, 2.75) is 12.6 Å². The molecule has 10 heteroatoms. The van der Waals surface area contributed by atoms with Crippen LogP contribution in [0.1, 0.15) is 16.8 Å². The molecule has 0 aliphatic carbocycles. The summed E-state index contributed by atoms with van der Waals surface area (Å²) in [6, 6.07) is 11.1. The molecule has 3 N–H and O–H groups in total. The van der Waals surface area contributed by atoms with Gasteiger partial charge in [-0.05, 0) is 30.7 Å². The van der Waals surface area contributed by atoms with E-state index in [1.807, 2.05) is 0 Å². The van der Waals surface area contributed by atoms with Crippen molar-refractivity contribution in [3.05, 3.63) is 65.7 Å². The molecular formula is C22H24F2N4O4. The summed E-state index contributed by atoms with van der Waals surface area (Å²) in [6.07, 6.45) is -1.14. The van der Waals surface area contributed by atoms with Gasteiger partial charge in [0.25, 0.3) is 11.8 Å². The van der Waals surface area contributed by atoms with Crippen molar-refractivity contribution in [2.75, 3.05) is 38.0 Å². The summed E-state index contributed by atoms with van der Waals surface area (Å²) >= 11 is 0. The number of halogens is 2. The SMILES string of the molecule is O=C(CN1CCCN(C(=O)C(O)NC(=O)c2ccccc2)CC1)Nc1ccc(F)cc1F. The molecule has 8 nitrogen and oxygen atoms in total. The molecule has 3 rings (SSSR count). The third kappa shape index (κ3) is 6.32. The van der Waals surface area contributed by atoms with Crippen molar-refractivity contribution in [3.8, 4) is 0 Å². The Bertz CT molecular complexity index is 974. The highest BCUT2D eigenvalue weighted by atomic mass is 19.1. The van der Waals surface area contributed by atoms with Crippen LogP contribution >= 0.6 is 0 Å². The number of rotatable bonds is 6. The molecule has 0 bridgehead atoms. The normalized spacial score (nSPS) is 15.5. The molecule has 3 amide bonds. The molecule has 0 radical (unpaired) electrons. The van der Waals surface area contributed by atoms with Gasteiger partial charge in [-0.2, -0.15) is 0 Å². The Morgan fingerprint density at radius 2 is 1.75 bits per heavy atom. The molecule has 1 heterocycles. The molecule has 1 aliphatic rings. The summed E-state index contributed by atoms with van der Waals surface area (Å²) in [5.74, 6) is -3.26. The first-order chi connectivity index (χ1) is 15.3. The van der Waals surface area contributed by atoms with Crippen molar-refractivity contribution in [1.82, 2.24) is 15.1 Å². The van der Waals surface area contributed by atoms with Crippen molar-refractivity contribution >= 4 is 23.4 Å². The second kappa shape index (κ2) is 10.8. The van der Waals surface area contributed by atoms with Crippen LogP contribution in [0.15, 0.2) is 48.5 Å². The number of amides is 3. The van der Waals surface area contributed by atoms with Crippen LogP contribution in [0, 0.1) is 11.6 Å². The van der Waals surface area contributed by atoms with Crippen molar-refractivity contribution in [2.24, 2.45) is 0 Å². The molecule has 0 saturated carbocycles. The number of hydrogen-bond acceptors (Lipinski definition) is 5. The van der Waals surface area contributed by atoms with Gasteiger partial charge in [0, 0.05) is 37.8 Å². The summed E-state index contributed by atoms with van der Waals surface area (Å²) in [6.45, 7) is 1.42. The molecule has 170 valence electrons. The zero-order valence-corrected chi connectivity index (χ0v) is 17.3. The van der Waals surface area contributed by atoms with E-state index in [0.717, 1.165) is 12.1 Å². The molecule has 1 aliphatic heterocycles. The van der Waals surface area contributed by atoms with E-state index in [4.69, 9.17) is 0 Å². The highest BCUT2D eigenvalue weighted by Crippen LogP contribution is 2.15. The number of anilines is 1. The second-order valence-corrected chi connectivity index (χ2v) is 7.37. The predicted octanol–water partition coefficient (Wildman–Crippen LogP) is 1.19. The summed E-state index contributed by atoms with van der Waals surface area (Å²) in [4.78, 5) is 40.1. The summed E-state index contributed by atoms with van der Waals surface area (Å²) < 4.78 is 26.7. The Morgan fingerprint density at radius 3 is 2.47 bits per heavy atom. The van der Waals surface area contributed by atoms with Gasteiger partial charge in [-0.1, -0.05) is 18.2 Å². The van der Waals surface area contributed by atoms with Gasteiger partial charge in [0.1, 0.15) is 11.6 Å². The smallest absolute Gasteiger partial charge is 0.272 e. The Kier molecular flexibility index (Phi) is 7.85. The number of nitrogens with one attached hydrogen (secondary N) is 2. The summed E-state index contributed by atoms with van der Waals surface area (Å²) in [7, 11) is 0. The Balaban J connectivity index is 1.49. The van der Waals surface area contributed by atoms with E-state index in [9.17, 15) is 28.3 Å². The maximum absolute atomic E-state index is 13.7. The first kappa shape index (κ1) is 23.3. The fourth-order valence-electron chi connectivity index (χ4n) is 3.36. The van der Waals surface area contributed by atoms with E-state index >= 15 is 0 Å². The van der Waals surface area contributed by atoms with Crippen LogP contribution < -0.4 is 10.6 Å². The van der Waals surface area contributed by atoms with E-state index in [1.165, 1.54) is 4.90 Å². The minimum Gasteiger partial charge on any atom is -0.365 e. The zero-order chi connectivity index (χ0) is 23.1. The number of carbonyl (C=O) groups excluding carboxylic acids is 3. The Labute approximate surface area is 183 Å². The molecular weight excluding hydrogens is 422 g/mol. The first-order valence-electron chi connectivity index (χ1n) is 10.1. The highest BCUT2D eigenvalue weighted by Gasteiger charge is 2.26. The maximum atomic E-state index is 13.7. The lowest BCUT2D eigenvalue weighted by Crippen LogP contribution is -2.49. The van der Waals surface area contributed by atoms with E-state index in [2.05, 4.69) is 10.6 Å². The molecule has 0 aromatic heterocycles. The minimum absolute atomic E-state index is 0.0356. The van der Waals surface area contributed by atoms with Crippen LogP contribution in [-0.2, 0) is 9.59 Å². The average molecular weight is 446 g/mol. The van der Waals surface area contributed by atoms with Gasteiger partial charge in [-0.3, -0.25) is 19.3 Å². The largest absolute Gasteiger partial charge is 0.365 e. The number of aliphatic hydroxyl groups excluding tert-OH is 1. The topological polar surface area (TPSA) is 102 Å². The zero-order valence-electron chi connectivity index (χ0n) is 17.3. The van der Waals surface area contributed by atoms with E-state index in [-0.39, 0.29) is 18.8 Å². The predicted molar refractivity (Wildman–Crippen MR) is 113 cm³/mol. The Hall–Kier alpha value is -3.37. The highest BCUT2D eigenvalue weighted by molar-refractivity contribution is 5.97. The molecule has 0 spiro atoms. The molecule has 2 aromatic rings. The van der Waals surface area contributed by atoms with Gasteiger partial charge in [-0.15, -0.1) is 0 Å². The number of benzene rings is 2. The summed E-state index contributed by atoms with van der Waals surface area (Å²) in [5, 5.41) is 14.8. The van der Waals surface area contributed by atoms with Crippen molar-refractivity contribution in [3.63, 3.8) is 0 Å². The van der Waals surface area contributed by atoms with Crippen LogP contribution in [0.25, 0.3) is 0 Å². The molecule has 1 saturated heterocycles. The van der Waals surface area contributed by atoms with E-state index in [1.54, 1.807) is 35.2 Å². The molecule has 1 atom stereocenters. The standard InChI is InChI=1S/C22H24F2N4O4/c23-16-7-8-18(17(24)13-16)25-19(29)14-27-9-4-10-28(12-11-27)22(32)21(31)26-20(30)15-5-2-1-3-6-15/h1-3,5-8,13,21,31H,4,9-12,14H2,(H,25,29)(H,26,30). The first-order valence-corrected chi connectivity index (χ1v) is 10.1. The van der Waals surface area contributed by atoms with Gasteiger partial charge >= 0.3 is 0 Å². The quantitative estimate of drug-likeness (QED) is 0.579. The Morgan fingerprint density at radius 1 is 1.00 bits per heavy atom. The molecule has 32 heavy (non-hydrogen) atoms. The van der Waals surface area contributed by atoms with Crippen LogP contribution in [-0.4, -0.2) is 71.6 Å². The minimum atomic E-state index is -1.68. The fraction of sp³-hybridized carbons (Fsp3) is 0.318. The summed E-state index contributed by atoms with van der Waals surface area (Å²) in [5.41, 5.74) is 0.213. The van der Waals surface area contributed by atoms with E-state index in [0.29, 0.717) is 37.7 Å². The lowest BCUT2D eigenvalue weighted by atomic mass is 10.2. The van der Waals surface area contributed by atoms with Gasteiger partial charge in [0.2, 0.25) is 12.1 Å².